The summed E-state index contributed by atoms with van der Waals surface area (Å²) in [6.07, 6.45) is 0. The zero-order valence-corrected chi connectivity index (χ0v) is 14.0. The summed E-state index contributed by atoms with van der Waals surface area (Å²) in [7, 11) is 0. The summed E-state index contributed by atoms with van der Waals surface area (Å²) < 4.78 is 0. The molecule has 0 bridgehead atoms. The maximum Gasteiger partial charge on any atom is 0.251 e. The third kappa shape index (κ3) is 3.40. The van der Waals surface area contributed by atoms with Gasteiger partial charge in [0.15, 0.2) is 0 Å². The Labute approximate surface area is 145 Å². The summed E-state index contributed by atoms with van der Waals surface area (Å²) in [5, 5.41) is 12.6. The Morgan fingerprint density at radius 3 is 2.72 bits per heavy atom. The first-order valence-electron chi connectivity index (χ1n) is 7.79. The molecule has 0 fully saturated rings. The molecule has 25 heavy (non-hydrogen) atoms. The summed E-state index contributed by atoms with van der Waals surface area (Å²) in [6.45, 7) is 3.95. The van der Waals surface area contributed by atoms with E-state index >= 15 is 0 Å². The molecule has 0 aliphatic carbocycles. The SMILES string of the molecule is Cc1cc2cc(C(=O)NCc3ccc(C#N)c(C)n3)ccc2nc1N. The van der Waals surface area contributed by atoms with Gasteiger partial charge in [-0.05, 0) is 55.8 Å². The number of rotatable bonds is 3. The number of amides is 1. The summed E-state index contributed by atoms with van der Waals surface area (Å²) >= 11 is 0. The summed E-state index contributed by atoms with van der Waals surface area (Å²) in [4.78, 5) is 21.0. The highest BCUT2D eigenvalue weighted by atomic mass is 16.1. The molecule has 3 rings (SSSR count). The molecule has 0 atom stereocenters. The van der Waals surface area contributed by atoms with Crippen molar-refractivity contribution in [2.24, 2.45) is 0 Å². The van der Waals surface area contributed by atoms with Gasteiger partial charge in [0.25, 0.3) is 5.91 Å². The maximum absolute atomic E-state index is 12.4. The summed E-state index contributed by atoms with van der Waals surface area (Å²) in [5.74, 6) is 0.298. The highest BCUT2D eigenvalue weighted by Crippen LogP contribution is 2.19. The third-order valence-corrected chi connectivity index (χ3v) is 4.00. The van der Waals surface area contributed by atoms with Crippen molar-refractivity contribution >= 4 is 22.6 Å². The van der Waals surface area contributed by atoms with Gasteiger partial charge in [0.05, 0.1) is 29.0 Å². The molecular formula is C19H17N5O. The second-order valence-electron chi connectivity index (χ2n) is 5.83. The van der Waals surface area contributed by atoms with Gasteiger partial charge in [-0.1, -0.05) is 0 Å². The molecule has 0 aliphatic rings. The van der Waals surface area contributed by atoms with E-state index in [4.69, 9.17) is 11.0 Å². The van der Waals surface area contributed by atoms with E-state index in [0.29, 0.717) is 34.9 Å². The van der Waals surface area contributed by atoms with Crippen LogP contribution in [0, 0.1) is 25.2 Å². The minimum atomic E-state index is -0.194. The zero-order valence-electron chi connectivity index (χ0n) is 14.0. The van der Waals surface area contributed by atoms with Crippen molar-refractivity contribution in [3.8, 4) is 6.07 Å². The first-order valence-corrected chi connectivity index (χ1v) is 7.79. The first kappa shape index (κ1) is 16.4. The van der Waals surface area contributed by atoms with Gasteiger partial charge in [-0.15, -0.1) is 0 Å². The second-order valence-corrected chi connectivity index (χ2v) is 5.83. The quantitative estimate of drug-likeness (QED) is 0.767. The van der Waals surface area contributed by atoms with Gasteiger partial charge in [-0.2, -0.15) is 5.26 Å². The summed E-state index contributed by atoms with van der Waals surface area (Å²) in [6, 6.07) is 12.7. The number of hydrogen-bond donors (Lipinski definition) is 2. The molecule has 0 saturated heterocycles. The fourth-order valence-electron chi connectivity index (χ4n) is 2.54. The van der Waals surface area contributed by atoms with E-state index < -0.39 is 0 Å². The van der Waals surface area contributed by atoms with Crippen LogP contribution in [0.2, 0.25) is 0 Å². The van der Waals surface area contributed by atoms with Crippen LogP contribution >= 0.6 is 0 Å². The van der Waals surface area contributed by atoms with E-state index in [0.717, 1.165) is 16.5 Å². The van der Waals surface area contributed by atoms with Gasteiger partial charge in [-0.25, -0.2) is 4.98 Å². The zero-order chi connectivity index (χ0) is 18.0. The van der Waals surface area contributed by atoms with Gasteiger partial charge >= 0.3 is 0 Å². The number of benzene rings is 1. The van der Waals surface area contributed by atoms with E-state index in [-0.39, 0.29) is 5.91 Å². The van der Waals surface area contributed by atoms with Crippen LogP contribution in [0.3, 0.4) is 0 Å². The highest BCUT2D eigenvalue weighted by molar-refractivity contribution is 5.98. The highest BCUT2D eigenvalue weighted by Gasteiger charge is 2.09. The van der Waals surface area contributed by atoms with Gasteiger partial charge in [-0.3, -0.25) is 9.78 Å². The van der Waals surface area contributed by atoms with Gasteiger partial charge in [0, 0.05) is 10.9 Å². The number of aryl methyl sites for hydroxylation is 2. The third-order valence-electron chi connectivity index (χ3n) is 4.00. The normalized spacial score (nSPS) is 10.4. The van der Waals surface area contributed by atoms with Gasteiger partial charge in [0.2, 0.25) is 0 Å². The number of carbonyl (C=O) groups excluding carboxylic acids is 1. The van der Waals surface area contributed by atoms with Crippen molar-refractivity contribution in [1.82, 2.24) is 15.3 Å². The fourth-order valence-corrected chi connectivity index (χ4v) is 2.54. The lowest BCUT2D eigenvalue weighted by atomic mass is 10.1. The Kier molecular flexibility index (Phi) is 4.31. The van der Waals surface area contributed by atoms with Crippen LogP contribution in [0.15, 0.2) is 36.4 Å². The van der Waals surface area contributed by atoms with E-state index in [1.165, 1.54) is 0 Å². The minimum absolute atomic E-state index is 0.194. The van der Waals surface area contributed by atoms with Crippen LogP contribution in [0.1, 0.15) is 32.9 Å². The van der Waals surface area contributed by atoms with E-state index in [2.05, 4.69) is 21.4 Å². The van der Waals surface area contributed by atoms with Gasteiger partial charge < -0.3 is 11.1 Å². The number of nitrogens with one attached hydrogen (secondary N) is 1. The van der Waals surface area contributed by atoms with Crippen LogP contribution < -0.4 is 11.1 Å². The molecule has 0 aliphatic heterocycles. The second kappa shape index (κ2) is 6.57. The lowest BCUT2D eigenvalue weighted by Crippen LogP contribution is -2.23. The van der Waals surface area contributed by atoms with Crippen molar-refractivity contribution in [1.29, 1.82) is 5.26 Å². The van der Waals surface area contributed by atoms with Crippen molar-refractivity contribution in [3.05, 3.63) is 64.5 Å². The lowest BCUT2D eigenvalue weighted by Gasteiger charge is -2.08. The average molecular weight is 331 g/mol. The fraction of sp³-hybridized carbons (Fsp3) is 0.158. The minimum Gasteiger partial charge on any atom is -0.383 e. The molecule has 1 amide bonds. The Bertz CT molecular complexity index is 1020. The topological polar surface area (TPSA) is 105 Å². The molecule has 0 saturated carbocycles. The van der Waals surface area contributed by atoms with Crippen molar-refractivity contribution in [2.45, 2.75) is 20.4 Å². The van der Waals surface area contributed by atoms with Crippen LogP contribution in [0.4, 0.5) is 5.82 Å². The number of aromatic nitrogens is 2. The largest absolute Gasteiger partial charge is 0.383 e. The van der Waals surface area contributed by atoms with Crippen LogP contribution in [-0.4, -0.2) is 15.9 Å². The number of nitrogens with zero attached hydrogens (tertiary/aromatic N) is 3. The molecule has 0 radical (unpaired) electrons. The average Bonchev–Trinajstić information content (AvgIpc) is 2.60. The van der Waals surface area contributed by atoms with E-state index in [9.17, 15) is 4.79 Å². The standard InChI is InChI=1S/C19H17N5O/c1-11-7-15-8-13(4-6-17(15)24-18(11)21)19(25)22-10-16-5-3-14(9-20)12(2)23-16/h3-8H,10H2,1-2H3,(H2,21,24)(H,22,25). The van der Waals surface area contributed by atoms with E-state index in [1.54, 1.807) is 37.3 Å². The molecule has 0 unspecified atom stereocenters. The smallest absolute Gasteiger partial charge is 0.251 e. The molecule has 2 aromatic heterocycles. The lowest BCUT2D eigenvalue weighted by molar-refractivity contribution is 0.0950. The van der Waals surface area contributed by atoms with Crippen LogP contribution in [-0.2, 0) is 6.54 Å². The molecule has 3 aromatic rings. The molecule has 0 spiro atoms. The monoisotopic (exact) mass is 331 g/mol. The van der Waals surface area contributed by atoms with Crippen LogP contribution in [0.25, 0.3) is 10.9 Å². The Hall–Kier alpha value is -3.46. The Morgan fingerprint density at radius 1 is 1.20 bits per heavy atom. The molecule has 124 valence electrons. The number of anilines is 1. The number of nitrogen functional groups attached to an aromatic ring is 1. The maximum atomic E-state index is 12.4. The van der Waals surface area contributed by atoms with Gasteiger partial charge in [0.1, 0.15) is 11.9 Å². The van der Waals surface area contributed by atoms with Crippen molar-refractivity contribution < 1.29 is 4.79 Å². The Balaban J connectivity index is 1.77. The number of fused-ring (bicyclic) bond motifs is 1. The van der Waals surface area contributed by atoms with Crippen molar-refractivity contribution in [3.63, 3.8) is 0 Å². The van der Waals surface area contributed by atoms with Crippen molar-refractivity contribution in [2.75, 3.05) is 5.73 Å². The molecule has 1 aromatic carbocycles. The van der Waals surface area contributed by atoms with E-state index in [1.807, 2.05) is 13.0 Å². The number of nitrogens with two attached hydrogens (primary N) is 1. The predicted octanol–water partition coefficient (Wildman–Crippen LogP) is 2.63. The Morgan fingerprint density at radius 2 is 2.00 bits per heavy atom. The number of pyridine rings is 2. The van der Waals surface area contributed by atoms with Crippen LogP contribution in [0.5, 0.6) is 0 Å². The predicted molar refractivity (Wildman–Crippen MR) is 95.8 cm³/mol. The number of nitriles is 1. The number of hydrogen-bond acceptors (Lipinski definition) is 5. The molecule has 3 N–H and O–H groups in total. The summed E-state index contributed by atoms with van der Waals surface area (Å²) in [5.41, 5.74) is 9.88. The molecule has 6 nitrogen and oxygen atoms in total. The molecular weight excluding hydrogens is 314 g/mol. The molecule has 2 heterocycles. The first-order chi connectivity index (χ1) is 12.0. The number of carbonyl (C=O) groups is 1. The molecule has 6 heteroatoms.